The average Bonchev–Trinajstić information content (AvgIpc) is 2.34. The summed E-state index contributed by atoms with van der Waals surface area (Å²) in [5, 5.41) is 0. The van der Waals surface area contributed by atoms with Crippen LogP contribution in [0.3, 0.4) is 0 Å². The number of halogens is 1. The number of ether oxygens (including phenoxy) is 1. The maximum absolute atomic E-state index is 5.77. The molecular formula is C15H16BrNO. The standard InChI is InChI=1S/C15H16BrNO/c1-10(2)12-5-4-6-13(9-12)18-15-8-7-14(16)11(3)17-15/h4-10H,1-3H3. The molecular weight excluding hydrogens is 290 g/mol. The van der Waals surface area contributed by atoms with E-state index in [1.807, 2.05) is 31.2 Å². The van der Waals surface area contributed by atoms with Crippen LogP contribution in [0.4, 0.5) is 0 Å². The number of hydrogen-bond donors (Lipinski definition) is 0. The maximum Gasteiger partial charge on any atom is 0.219 e. The van der Waals surface area contributed by atoms with Gasteiger partial charge in [-0.05, 0) is 52.5 Å². The van der Waals surface area contributed by atoms with E-state index in [0.717, 1.165) is 15.9 Å². The van der Waals surface area contributed by atoms with Crippen molar-refractivity contribution >= 4 is 15.9 Å². The Morgan fingerprint density at radius 3 is 2.61 bits per heavy atom. The molecule has 2 rings (SSSR count). The van der Waals surface area contributed by atoms with Crippen molar-refractivity contribution < 1.29 is 4.74 Å². The molecule has 1 aromatic carbocycles. The molecule has 0 spiro atoms. The van der Waals surface area contributed by atoms with Gasteiger partial charge in [-0.2, -0.15) is 0 Å². The van der Waals surface area contributed by atoms with Crippen molar-refractivity contribution in [1.29, 1.82) is 0 Å². The van der Waals surface area contributed by atoms with Gasteiger partial charge in [0.05, 0.1) is 5.69 Å². The van der Waals surface area contributed by atoms with Crippen LogP contribution in [0.2, 0.25) is 0 Å². The molecule has 1 heterocycles. The van der Waals surface area contributed by atoms with Crippen LogP contribution in [0.15, 0.2) is 40.9 Å². The molecule has 2 nitrogen and oxygen atoms in total. The quantitative estimate of drug-likeness (QED) is 0.790. The van der Waals surface area contributed by atoms with Gasteiger partial charge >= 0.3 is 0 Å². The van der Waals surface area contributed by atoms with Gasteiger partial charge in [0.15, 0.2) is 0 Å². The Hall–Kier alpha value is -1.35. The second kappa shape index (κ2) is 5.53. The summed E-state index contributed by atoms with van der Waals surface area (Å²) in [7, 11) is 0. The predicted molar refractivity (Wildman–Crippen MR) is 77.3 cm³/mol. The minimum Gasteiger partial charge on any atom is -0.439 e. The first-order valence-corrected chi connectivity index (χ1v) is 6.76. The summed E-state index contributed by atoms with van der Waals surface area (Å²) in [6.07, 6.45) is 0. The first-order valence-electron chi connectivity index (χ1n) is 5.97. The number of aromatic nitrogens is 1. The van der Waals surface area contributed by atoms with E-state index < -0.39 is 0 Å². The van der Waals surface area contributed by atoms with Gasteiger partial charge < -0.3 is 4.74 Å². The number of aryl methyl sites for hydroxylation is 1. The van der Waals surface area contributed by atoms with Crippen LogP contribution in [0.5, 0.6) is 11.6 Å². The number of rotatable bonds is 3. The highest BCUT2D eigenvalue weighted by Crippen LogP contribution is 2.25. The Labute approximate surface area is 116 Å². The minimum absolute atomic E-state index is 0.494. The van der Waals surface area contributed by atoms with E-state index in [1.165, 1.54) is 5.56 Å². The van der Waals surface area contributed by atoms with Crippen LogP contribution >= 0.6 is 15.9 Å². The predicted octanol–water partition coefficient (Wildman–Crippen LogP) is 5.07. The smallest absolute Gasteiger partial charge is 0.219 e. The SMILES string of the molecule is Cc1nc(Oc2cccc(C(C)C)c2)ccc1Br. The Balaban J connectivity index is 2.23. The summed E-state index contributed by atoms with van der Waals surface area (Å²) in [5.41, 5.74) is 2.19. The fraction of sp³-hybridized carbons (Fsp3) is 0.267. The minimum atomic E-state index is 0.494. The molecule has 0 radical (unpaired) electrons. The second-order valence-electron chi connectivity index (χ2n) is 4.55. The van der Waals surface area contributed by atoms with E-state index >= 15 is 0 Å². The van der Waals surface area contributed by atoms with E-state index in [4.69, 9.17) is 4.74 Å². The van der Waals surface area contributed by atoms with E-state index in [9.17, 15) is 0 Å². The molecule has 1 aromatic heterocycles. The van der Waals surface area contributed by atoms with Crippen LogP contribution in [0, 0.1) is 6.92 Å². The van der Waals surface area contributed by atoms with Crippen LogP contribution in [-0.4, -0.2) is 4.98 Å². The van der Waals surface area contributed by atoms with Crippen molar-refractivity contribution in [2.24, 2.45) is 0 Å². The molecule has 0 unspecified atom stereocenters. The Kier molecular flexibility index (Phi) is 4.02. The highest BCUT2D eigenvalue weighted by Gasteiger charge is 2.04. The molecule has 0 saturated carbocycles. The molecule has 0 aliphatic heterocycles. The summed E-state index contributed by atoms with van der Waals surface area (Å²) < 4.78 is 6.76. The molecule has 18 heavy (non-hydrogen) atoms. The summed E-state index contributed by atoms with van der Waals surface area (Å²) in [4.78, 5) is 4.37. The number of hydrogen-bond acceptors (Lipinski definition) is 2. The van der Waals surface area contributed by atoms with Crippen molar-refractivity contribution in [3.63, 3.8) is 0 Å². The molecule has 0 amide bonds. The Morgan fingerprint density at radius 1 is 1.17 bits per heavy atom. The van der Waals surface area contributed by atoms with Crippen molar-refractivity contribution in [3.05, 3.63) is 52.1 Å². The first-order chi connectivity index (χ1) is 8.56. The van der Waals surface area contributed by atoms with E-state index in [-0.39, 0.29) is 0 Å². The molecule has 0 N–H and O–H groups in total. The van der Waals surface area contributed by atoms with Gasteiger partial charge in [-0.15, -0.1) is 0 Å². The fourth-order valence-corrected chi connectivity index (χ4v) is 1.86. The zero-order valence-corrected chi connectivity index (χ0v) is 12.4. The zero-order chi connectivity index (χ0) is 13.1. The van der Waals surface area contributed by atoms with Crippen LogP contribution in [0.25, 0.3) is 0 Å². The van der Waals surface area contributed by atoms with Crippen molar-refractivity contribution in [1.82, 2.24) is 4.98 Å². The van der Waals surface area contributed by atoms with Crippen LogP contribution in [-0.2, 0) is 0 Å². The Bertz CT molecular complexity index is 552. The fourth-order valence-electron chi connectivity index (χ4n) is 1.64. The first kappa shape index (κ1) is 13.1. The third-order valence-electron chi connectivity index (χ3n) is 2.74. The van der Waals surface area contributed by atoms with Crippen LogP contribution < -0.4 is 4.74 Å². The van der Waals surface area contributed by atoms with Gasteiger partial charge in [-0.3, -0.25) is 0 Å². The largest absolute Gasteiger partial charge is 0.439 e. The average molecular weight is 306 g/mol. The van der Waals surface area contributed by atoms with E-state index in [1.54, 1.807) is 0 Å². The lowest BCUT2D eigenvalue weighted by Gasteiger charge is -2.09. The van der Waals surface area contributed by atoms with Gasteiger partial charge in [0, 0.05) is 10.5 Å². The molecule has 0 atom stereocenters. The maximum atomic E-state index is 5.77. The van der Waals surface area contributed by atoms with Crippen molar-refractivity contribution in [3.8, 4) is 11.6 Å². The molecule has 94 valence electrons. The lowest BCUT2D eigenvalue weighted by atomic mass is 10.0. The van der Waals surface area contributed by atoms with E-state index in [2.05, 4.69) is 46.9 Å². The topological polar surface area (TPSA) is 22.1 Å². The third-order valence-corrected chi connectivity index (χ3v) is 3.58. The molecule has 3 heteroatoms. The number of pyridine rings is 1. The zero-order valence-electron chi connectivity index (χ0n) is 10.8. The Morgan fingerprint density at radius 2 is 1.94 bits per heavy atom. The van der Waals surface area contributed by atoms with Gasteiger partial charge in [-0.25, -0.2) is 4.98 Å². The van der Waals surface area contributed by atoms with E-state index in [0.29, 0.717) is 11.8 Å². The normalized spacial score (nSPS) is 10.7. The van der Waals surface area contributed by atoms with Crippen molar-refractivity contribution in [2.75, 3.05) is 0 Å². The summed E-state index contributed by atoms with van der Waals surface area (Å²) in [6.45, 7) is 6.28. The van der Waals surface area contributed by atoms with Crippen molar-refractivity contribution in [2.45, 2.75) is 26.7 Å². The van der Waals surface area contributed by atoms with Gasteiger partial charge in [0.25, 0.3) is 0 Å². The molecule has 0 bridgehead atoms. The summed E-state index contributed by atoms with van der Waals surface area (Å²) >= 11 is 3.43. The van der Waals surface area contributed by atoms with Gasteiger partial charge in [0.1, 0.15) is 5.75 Å². The lowest BCUT2D eigenvalue weighted by Crippen LogP contribution is -1.92. The molecule has 0 saturated heterocycles. The number of nitrogens with zero attached hydrogens (tertiary/aromatic N) is 1. The lowest BCUT2D eigenvalue weighted by molar-refractivity contribution is 0.460. The highest BCUT2D eigenvalue weighted by atomic mass is 79.9. The summed E-state index contributed by atoms with van der Waals surface area (Å²) in [6, 6.07) is 11.9. The molecule has 0 aliphatic carbocycles. The molecule has 0 fully saturated rings. The monoisotopic (exact) mass is 305 g/mol. The van der Waals surface area contributed by atoms with Gasteiger partial charge in [0.2, 0.25) is 5.88 Å². The molecule has 2 aromatic rings. The highest BCUT2D eigenvalue weighted by molar-refractivity contribution is 9.10. The third kappa shape index (κ3) is 3.10. The second-order valence-corrected chi connectivity index (χ2v) is 5.40. The summed E-state index contributed by atoms with van der Waals surface area (Å²) in [5.74, 6) is 1.94. The molecule has 0 aliphatic rings. The number of benzene rings is 1. The van der Waals surface area contributed by atoms with Gasteiger partial charge in [-0.1, -0.05) is 26.0 Å². The van der Waals surface area contributed by atoms with Crippen LogP contribution in [0.1, 0.15) is 31.0 Å².